The number of likely N-dealkylation sites (tertiary alicyclic amines) is 1. The van der Waals surface area contributed by atoms with Crippen molar-refractivity contribution in [2.75, 3.05) is 57.8 Å². The Morgan fingerprint density at radius 3 is 2.48 bits per heavy atom. The van der Waals surface area contributed by atoms with Crippen LogP contribution in [0.25, 0.3) is 0 Å². The minimum atomic E-state index is 0.165. The van der Waals surface area contributed by atoms with Crippen LogP contribution in [-0.2, 0) is 11.2 Å². The summed E-state index contributed by atoms with van der Waals surface area (Å²) in [6.45, 7) is 7.67. The van der Waals surface area contributed by atoms with Crippen molar-refractivity contribution in [3.8, 4) is 0 Å². The van der Waals surface area contributed by atoms with Gasteiger partial charge in [-0.15, -0.1) is 0 Å². The highest BCUT2D eigenvalue weighted by Gasteiger charge is 2.23. The first-order valence-corrected chi connectivity index (χ1v) is 9.79. The molecule has 2 fully saturated rings. The monoisotopic (exact) mass is 365 g/mol. The lowest BCUT2D eigenvalue weighted by Crippen LogP contribution is -2.53. The van der Waals surface area contributed by atoms with Gasteiger partial charge in [0, 0.05) is 64.3 Å². The molecular weight excluding hydrogens is 338 g/mol. The summed E-state index contributed by atoms with van der Waals surface area (Å²) < 4.78 is 4.36. The second-order valence-electron chi connectivity index (χ2n) is 6.31. The van der Waals surface area contributed by atoms with E-state index in [1.165, 1.54) is 11.5 Å². The molecule has 0 radical (unpaired) electrons. The van der Waals surface area contributed by atoms with E-state index in [1.807, 2.05) is 4.90 Å². The van der Waals surface area contributed by atoms with Gasteiger partial charge in [-0.25, -0.2) is 4.98 Å². The van der Waals surface area contributed by atoms with E-state index >= 15 is 0 Å². The Morgan fingerprint density at radius 2 is 1.88 bits per heavy atom. The van der Waals surface area contributed by atoms with Gasteiger partial charge in [-0.3, -0.25) is 9.79 Å². The van der Waals surface area contributed by atoms with Gasteiger partial charge in [0.1, 0.15) is 5.82 Å². The maximum atomic E-state index is 12.2. The second kappa shape index (κ2) is 8.46. The predicted octanol–water partition coefficient (Wildman–Crippen LogP) is 0.420. The number of nitrogens with one attached hydrogen (secondary N) is 1. The molecule has 1 aromatic heterocycles. The third-order valence-corrected chi connectivity index (χ3v) is 5.51. The number of nitrogens with zero attached hydrogens (tertiary/aromatic N) is 6. The van der Waals surface area contributed by atoms with Gasteiger partial charge in [-0.2, -0.15) is 4.37 Å². The molecule has 0 spiro atoms. The summed E-state index contributed by atoms with van der Waals surface area (Å²) in [5.41, 5.74) is 0. The molecule has 1 amide bonds. The molecule has 138 valence electrons. The van der Waals surface area contributed by atoms with E-state index in [9.17, 15) is 4.79 Å². The SMILES string of the molecule is CCc1nsc(N2CCN(C(=NC)NCC(=O)N3CCCC3)CC2)n1. The fraction of sp³-hybridized carbons (Fsp3) is 0.750. The van der Waals surface area contributed by atoms with Gasteiger partial charge >= 0.3 is 0 Å². The molecule has 25 heavy (non-hydrogen) atoms. The Hall–Kier alpha value is -1.90. The van der Waals surface area contributed by atoms with Crippen molar-refractivity contribution < 1.29 is 4.79 Å². The summed E-state index contributed by atoms with van der Waals surface area (Å²) in [6.07, 6.45) is 3.11. The van der Waals surface area contributed by atoms with E-state index in [-0.39, 0.29) is 5.91 Å². The van der Waals surface area contributed by atoms with Crippen LogP contribution in [0, 0.1) is 0 Å². The lowest BCUT2D eigenvalue weighted by atomic mass is 10.3. The highest BCUT2D eigenvalue weighted by molar-refractivity contribution is 7.09. The fourth-order valence-corrected chi connectivity index (χ4v) is 3.99. The molecule has 2 aliphatic rings. The van der Waals surface area contributed by atoms with E-state index in [0.29, 0.717) is 6.54 Å². The zero-order valence-electron chi connectivity index (χ0n) is 15.1. The zero-order chi connectivity index (χ0) is 17.6. The van der Waals surface area contributed by atoms with Gasteiger partial charge in [0.15, 0.2) is 5.96 Å². The van der Waals surface area contributed by atoms with Crippen LogP contribution < -0.4 is 10.2 Å². The Bertz CT molecular complexity index is 603. The molecule has 2 saturated heterocycles. The molecule has 0 aliphatic carbocycles. The van der Waals surface area contributed by atoms with Crippen LogP contribution in [0.5, 0.6) is 0 Å². The molecule has 8 nitrogen and oxygen atoms in total. The molecule has 0 bridgehead atoms. The smallest absolute Gasteiger partial charge is 0.241 e. The number of rotatable bonds is 4. The Balaban J connectivity index is 1.47. The maximum Gasteiger partial charge on any atom is 0.241 e. The molecule has 3 heterocycles. The molecule has 0 atom stereocenters. The Labute approximate surface area is 153 Å². The number of hydrogen-bond acceptors (Lipinski definition) is 6. The number of aryl methyl sites for hydroxylation is 1. The van der Waals surface area contributed by atoms with E-state index in [0.717, 1.165) is 75.4 Å². The lowest BCUT2D eigenvalue weighted by molar-refractivity contribution is -0.128. The van der Waals surface area contributed by atoms with Gasteiger partial charge in [-0.1, -0.05) is 6.92 Å². The van der Waals surface area contributed by atoms with Gasteiger partial charge < -0.3 is 20.0 Å². The summed E-state index contributed by atoms with van der Waals surface area (Å²) in [4.78, 5) is 27.5. The number of carbonyl (C=O) groups is 1. The number of carbonyl (C=O) groups excluding carboxylic acids is 1. The van der Waals surface area contributed by atoms with Gasteiger partial charge in [0.2, 0.25) is 11.0 Å². The highest BCUT2D eigenvalue weighted by Crippen LogP contribution is 2.19. The zero-order valence-corrected chi connectivity index (χ0v) is 15.9. The van der Waals surface area contributed by atoms with Gasteiger partial charge in [-0.05, 0) is 12.8 Å². The normalized spacial score (nSPS) is 18.8. The van der Waals surface area contributed by atoms with Crippen molar-refractivity contribution in [1.29, 1.82) is 0 Å². The molecule has 2 aliphatic heterocycles. The fourth-order valence-electron chi connectivity index (χ4n) is 3.19. The van der Waals surface area contributed by atoms with Crippen molar-refractivity contribution in [3.05, 3.63) is 5.82 Å². The minimum absolute atomic E-state index is 0.165. The standard InChI is InChI=1S/C16H27N7OS/c1-3-13-19-16(25-20-13)23-10-8-22(9-11-23)15(17-2)18-12-14(24)21-6-4-5-7-21/h3-12H2,1-2H3,(H,17,18). The molecule has 0 unspecified atom stereocenters. The predicted molar refractivity (Wildman–Crippen MR) is 100 cm³/mol. The number of hydrogen-bond donors (Lipinski definition) is 1. The van der Waals surface area contributed by atoms with Crippen LogP contribution in [0.15, 0.2) is 4.99 Å². The number of aliphatic imine (C=N–C) groups is 1. The molecule has 0 saturated carbocycles. The molecular formula is C16H27N7OS. The summed E-state index contributed by atoms with van der Waals surface area (Å²) in [7, 11) is 1.77. The number of aromatic nitrogens is 2. The quantitative estimate of drug-likeness (QED) is 0.616. The van der Waals surface area contributed by atoms with E-state index in [2.05, 4.69) is 36.4 Å². The maximum absolute atomic E-state index is 12.2. The van der Waals surface area contributed by atoms with E-state index in [4.69, 9.17) is 0 Å². The number of piperazine rings is 1. The summed E-state index contributed by atoms with van der Waals surface area (Å²) in [5, 5.41) is 4.23. The van der Waals surface area contributed by atoms with Gasteiger partial charge in [0.25, 0.3) is 0 Å². The lowest BCUT2D eigenvalue weighted by Gasteiger charge is -2.36. The number of guanidine groups is 1. The molecule has 1 N–H and O–H groups in total. The highest BCUT2D eigenvalue weighted by atomic mass is 32.1. The largest absolute Gasteiger partial charge is 0.347 e. The third kappa shape index (κ3) is 4.39. The van der Waals surface area contributed by atoms with Crippen LogP contribution in [0.3, 0.4) is 0 Å². The van der Waals surface area contributed by atoms with Crippen molar-refractivity contribution in [3.63, 3.8) is 0 Å². The van der Waals surface area contributed by atoms with Crippen molar-refractivity contribution in [1.82, 2.24) is 24.5 Å². The van der Waals surface area contributed by atoms with Crippen LogP contribution in [-0.4, -0.2) is 83.9 Å². The van der Waals surface area contributed by atoms with Crippen molar-refractivity contribution >= 4 is 28.5 Å². The topological polar surface area (TPSA) is 77.0 Å². The Morgan fingerprint density at radius 1 is 1.16 bits per heavy atom. The average Bonchev–Trinajstić information content (AvgIpc) is 3.34. The molecule has 9 heteroatoms. The van der Waals surface area contributed by atoms with E-state index < -0.39 is 0 Å². The first-order valence-electron chi connectivity index (χ1n) is 9.02. The Kier molecular flexibility index (Phi) is 6.06. The average molecular weight is 366 g/mol. The van der Waals surface area contributed by atoms with Crippen LogP contribution >= 0.6 is 11.5 Å². The van der Waals surface area contributed by atoms with Crippen LogP contribution in [0.1, 0.15) is 25.6 Å². The summed E-state index contributed by atoms with van der Waals surface area (Å²) >= 11 is 1.47. The second-order valence-corrected chi connectivity index (χ2v) is 7.04. The molecule has 0 aromatic carbocycles. The molecule has 1 aromatic rings. The summed E-state index contributed by atoms with van der Waals surface area (Å²) in [6, 6.07) is 0. The number of anilines is 1. The third-order valence-electron chi connectivity index (χ3n) is 4.69. The number of amides is 1. The van der Waals surface area contributed by atoms with Gasteiger partial charge in [0.05, 0.1) is 6.54 Å². The van der Waals surface area contributed by atoms with E-state index in [1.54, 1.807) is 7.05 Å². The van der Waals surface area contributed by atoms with Crippen LogP contribution in [0.4, 0.5) is 5.13 Å². The first kappa shape index (κ1) is 17.9. The van der Waals surface area contributed by atoms with Crippen molar-refractivity contribution in [2.24, 2.45) is 4.99 Å². The summed E-state index contributed by atoms with van der Waals surface area (Å²) in [5.74, 6) is 1.89. The van der Waals surface area contributed by atoms with Crippen molar-refractivity contribution in [2.45, 2.75) is 26.2 Å². The van der Waals surface area contributed by atoms with Crippen LogP contribution in [0.2, 0.25) is 0 Å². The minimum Gasteiger partial charge on any atom is -0.347 e. The first-order chi connectivity index (χ1) is 12.2. The molecule has 3 rings (SSSR count).